The second-order valence-electron chi connectivity index (χ2n) is 5.71. The zero-order valence-electron chi connectivity index (χ0n) is 11.8. The van der Waals surface area contributed by atoms with Gasteiger partial charge in [0.25, 0.3) is 5.91 Å². The maximum atomic E-state index is 12.3. The van der Waals surface area contributed by atoms with Gasteiger partial charge in [-0.3, -0.25) is 4.79 Å². The van der Waals surface area contributed by atoms with Gasteiger partial charge in [-0.2, -0.15) is 0 Å². The van der Waals surface area contributed by atoms with Crippen molar-refractivity contribution >= 4 is 5.91 Å². The molecule has 2 rings (SSSR count). The number of H-pyrrole nitrogens is 1. The molecule has 1 saturated heterocycles. The van der Waals surface area contributed by atoms with Gasteiger partial charge in [-0.15, -0.1) is 0 Å². The average molecular weight is 266 g/mol. The number of aromatic amines is 1. The molecule has 0 spiro atoms. The molecule has 2 heterocycles. The van der Waals surface area contributed by atoms with Crippen LogP contribution in [0.25, 0.3) is 0 Å². The Kier molecular flexibility index (Phi) is 3.91. The number of aromatic nitrogens is 2. The van der Waals surface area contributed by atoms with E-state index >= 15 is 0 Å². The summed E-state index contributed by atoms with van der Waals surface area (Å²) in [5, 5.41) is 10.5. The molecule has 1 aliphatic rings. The molecule has 1 unspecified atom stereocenters. The van der Waals surface area contributed by atoms with E-state index < -0.39 is 5.60 Å². The Morgan fingerprint density at radius 3 is 2.95 bits per heavy atom. The number of aryl methyl sites for hydroxylation is 1. The normalized spacial score (nSPS) is 23.9. The number of hydrogen-bond acceptors (Lipinski definition) is 4. The molecule has 1 aromatic rings. The van der Waals surface area contributed by atoms with Crippen molar-refractivity contribution in [3.63, 3.8) is 0 Å². The first-order valence-corrected chi connectivity index (χ1v) is 6.58. The van der Waals surface area contributed by atoms with Gasteiger partial charge in [0.15, 0.2) is 5.82 Å². The lowest BCUT2D eigenvalue weighted by molar-refractivity contribution is -0.0393. The van der Waals surface area contributed by atoms with Crippen LogP contribution in [0.5, 0.6) is 0 Å². The fourth-order valence-electron chi connectivity index (χ4n) is 2.67. The predicted octanol–water partition coefficient (Wildman–Crippen LogP) is 0.247. The smallest absolute Gasteiger partial charge is 0.289 e. The Balaban J connectivity index is 2.07. The van der Waals surface area contributed by atoms with Crippen LogP contribution in [0.3, 0.4) is 0 Å². The van der Waals surface area contributed by atoms with Crippen molar-refractivity contribution in [2.45, 2.75) is 25.4 Å². The van der Waals surface area contributed by atoms with Crippen molar-refractivity contribution in [3.8, 4) is 0 Å². The number of amides is 1. The summed E-state index contributed by atoms with van der Waals surface area (Å²) < 4.78 is 0. The first-order valence-electron chi connectivity index (χ1n) is 6.58. The van der Waals surface area contributed by atoms with E-state index in [2.05, 4.69) is 9.97 Å². The number of imidazole rings is 1. The third-order valence-corrected chi connectivity index (χ3v) is 3.36. The molecule has 1 fully saturated rings. The maximum Gasteiger partial charge on any atom is 0.289 e. The largest absolute Gasteiger partial charge is 0.387 e. The highest BCUT2D eigenvalue weighted by Crippen LogP contribution is 2.22. The van der Waals surface area contributed by atoms with Crippen molar-refractivity contribution in [2.24, 2.45) is 0 Å². The third-order valence-electron chi connectivity index (χ3n) is 3.36. The van der Waals surface area contributed by atoms with Crippen LogP contribution in [-0.4, -0.2) is 70.1 Å². The molecule has 0 aromatic carbocycles. The van der Waals surface area contributed by atoms with Gasteiger partial charge in [0.1, 0.15) is 0 Å². The Hall–Kier alpha value is -1.40. The number of likely N-dealkylation sites (N-methyl/N-ethyl adjacent to an activating group) is 1. The number of β-amino-alcohol motifs (C(OH)–C–C–N with tert-alkyl or cyclic N) is 1. The lowest BCUT2D eigenvalue weighted by Gasteiger charge is -2.40. The molecule has 1 atom stereocenters. The minimum absolute atomic E-state index is 0.134. The summed E-state index contributed by atoms with van der Waals surface area (Å²) in [6.45, 7) is 3.47. The molecule has 2 N–H and O–H groups in total. The molecular formula is C13H22N4O2. The van der Waals surface area contributed by atoms with Crippen LogP contribution in [0.4, 0.5) is 0 Å². The van der Waals surface area contributed by atoms with Crippen LogP contribution >= 0.6 is 0 Å². The van der Waals surface area contributed by atoms with Gasteiger partial charge in [0.2, 0.25) is 0 Å². The topological polar surface area (TPSA) is 72.5 Å². The van der Waals surface area contributed by atoms with Gasteiger partial charge in [-0.05, 0) is 33.9 Å². The lowest BCUT2D eigenvalue weighted by atomic mass is 9.92. The molecule has 6 heteroatoms. The van der Waals surface area contributed by atoms with E-state index in [0.717, 1.165) is 18.5 Å². The number of carbonyl (C=O) groups excluding carboxylic acids is 1. The van der Waals surface area contributed by atoms with Crippen LogP contribution in [0.1, 0.15) is 29.2 Å². The number of carbonyl (C=O) groups is 1. The van der Waals surface area contributed by atoms with Gasteiger partial charge in [-0.1, -0.05) is 0 Å². The van der Waals surface area contributed by atoms with Gasteiger partial charge in [0.05, 0.1) is 12.1 Å². The molecule has 0 saturated carbocycles. The Morgan fingerprint density at radius 1 is 1.63 bits per heavy atom. The summed E-state index contributed by atoms with van der Waals surface area (Å²) in [6.07, 6.45) is 3.19. The highest BCUT2D eigenvalue weighted by Gasteiger charge is 2.36. The monoisotopic (exact) mass is 266 g/mol. The van der Waals surface area contributed by atoms with E-state index in [1.165, 1.54) is 0 Å². The second-order valence-corrected chi connectivity index (χ2v) is 5.71. The van der Waals surface area contributed by atoms with E-state index in [4.69, 9.17) is 0 Å². The van der Waals surface area contributed by atoms with Gasteiger partial charge < -0.3 is 19.9 Å². The molecule has 1 aliphatic heterocycles. The van der Waals surface area contributed by atoms with Crippen LogP contribution in [0.2, 0.25) is 0 Å². The summed E-state index contributed by atoms with van der Waals surface area (Å²) in [7, 11) is 3.85. The Labute approximate surface area is 113 Å². The molecular weight excluding hydrogens is 244 g/mol. The van der Waals surface area contributed by atoms with E-state index in [1.807, 2.05) is 25.9 Å². The molecule has 6 nitrogen and oxygen atoms in total. The zero-order chi connectivity index (χ0) is 14.0. The van der Waals surface area contributed by atoms with E-state index in [9.17, 15) is 9.90 Å². The number of hydrogen-bond donors (Lipinski definition) is 2. The number of likely N-dealkylation sites (tertiary alicyclic amines) is 1. The zero-order valence-corrected chi connectivity index (χ0v) is 11.8. The Bertz CT molecular complexity index is 457. The highest BCUT2D eigenvalue weighted by atomic mass is 16.3. The van der Waals surface area contributed by atoms with Gasteiger partial charge in [-0.25, -0.2) is 4.98 Å². The fourth-order valence-corrected chi connectivity index (χ4v) is 2.67. The highest BCUT2D eigenvalue weighted by molar-refractivity contribution is 5.90. The molecule has 0 bridgehead atoms. The average Bonchev–Trinajstić information content (AvgIpc) is 2.73. The quantitative estimate of drug-likeness (QED) is 0.822. The van der Waals surface area contributed by atoms with E-state index in [1.54, 1.807) is 11.1 Å². The summed E-state index contributed by atoms with van der Waals surface area (Å²) in [4.78, 5) is 22.9. The van der Waals surface area contributed by atoms with Crippen molar-refractivity contribution in [2.75, 3.05) is 33.7 Å². The summed E-state index contributed by atoms with van der Waals surface area (Å²) >= 11 is 0. The van der Waals surface area contributed by atoms with Crippen molar-refractivity contribution < 1.29 is 9.90 Å². The van der Waals surface area contributed by atoms with Crippen molar-refractivity contribution in [1.82, 2.24) is 19.8 Å². The first kappa shape index (κ1) is 14.0. The van der Waals surface area contributed by atoms with Crippen LogP contribution in [-0.2, 0) is 0 Å². The minimum Gasteiger partial charge on any atom is -0.387 e. The third kappa shape index (κ3) is 3.33. The molecule has 19 heavy (non-hydrogen) atoms. The van der Waals surface area contributed by atoms with Crippen LogP contribution in [0.15, 0.2) is 6.20 Å². The molecule has 0 radical (unpaired) electrons. The van der Waals surface area contributed by atoms with Crippen LogP contribution in [0, 0.1) is 6.92 Å². The van der Waals surface area contributed by atoms with Gasteiger partial charge >= 0.3 is 0 Å². The number of nitrogens with one attached hydrogen (secondary N) is 1. The predicted molar refractivity (Wildman–Crippen MR) is 72.0 cm³/mol. The van der Waals surface area contributed by atoms with E-state index in [-0.39, 0.29) is 5.91 Å². The summed E-state index contributed by atoms with van der Waals surface area (Å²) in [5.41, 5.74) is 0.0443. The lowest BCUT2D eigenvalue weighted by Crippen LogP contribution is -2.54. The maximum absolute atomic E-state index is 12.3. The number of aliphatic hydroxyl groups is 1. The molecule has 106 valence electrons. The molecule has 1 amide bonds. The molecule has 0 aliphatic carbocycles. The van der Waals surface area contributed by atoms with Crippen LogP contribution < -0.4 is 0 Å². The Morgan fingerprint density at radius 2 is 2.37 bits per heavy atom. The number of piperidine rings is 1. The number of nitrogens with zero attached hydrogens (tertiary/aromatic N) is 3. The van der Waals surface area contributed by atoms with Crippen molar-refractivity contribution in [1.29, 1.82) is 0 Å². The first-order chi connectivity index (χ1) is 8.89. The second kappa shape index (κ2) is 5.30. The fraction of sp³-hybridized carbons (Fsp3) is 0.692. The summed E-state index contributed by atoms with van der Waals surface area (Å²) in [5.74, 6) is 0.219. The van der Waals surface area contributed by atoms with Gasteiger partial charge in [0, 0.05) is 25.0 Å². The number of rotatable bonds is 3. The SMILES string of the molecule is Cc1cnc(C(=O)N2CCCC(O)(CN(C)C)C2)[nH]1. The molecule has 1 aromatic heterocycles. The minimum atomic E-state index is -0.820. The standard InChI is InChI=1S/C13H22N4O2/c1-10-7-14-11(15-10)12(18)17-6-4-5-13(19,9-17)8-16(2)3/h7,19H,4-6,8-9H2,1-3H3,(H,14,15). The summed E-state index contributed by atoms with van der Waals surface area (Å²) in [6, 6.07) is 0. The van der Waals surface area contributed by atoms with E-state index in [0.29, 0.717) is 25.5 Å². The van der Waals surface area contributed by atoms with Crippen molar-refractivity contribution in [3.05, 3.63) is 17.7 Å².